The van der Waals surface area contributed by atoms with E-state index >= 15 is 0 Å². The van der Waals surface area contributed by atoms with Gasteiger partial charge < -0.3 is 9.47 Å². The molecular weight excluding hydrogens is 324 g/mol. The van der Waals surface area contributed by atoms with Gasteiger partial charge in [0.2, 0.25) is 0 Å². The van der Waals surface area contributed by atoms with Gasteiger partial charge in [0.25, 0.3) is 0 Å². The summed E-state index contributed by atoms with van der Waals surface area (Å²) < 4.78 is 11.5. The molecule has 0 unspecified atom stereocenters. The van der Waals surface area contributed by atoms with Gasteiger partial charge in [-0.15, -0.1) is 0 Å². The third kappa shape index (κ3) is 4.51. The monoisotopic (exact) mass is 348 g/mol. The van der Waals surface area contributed by atoms with Gasteiger partial charge in [-0.25, -0.2) is 9.98 Å². The molecule has 0 bridgehead atoms. The average molecular weight is 348 g/mol. The predicted octanol–water partition coefficient (Wildman–Crippen LogP) is 3.85. The average Bonchev–Trinajstić information content (AvgIpc) is 3.31. The van der Waals surface area contributed by atoms with Gasteiger partial charge in [-0.05, 0) is 24.0 Å². The summed E-state index contributed by atoms with van der Waals surface area (Å²) in [5.41, 5.74) is 2.61. The lowest BCUT2D eigenvalue weighted by molar-refractivity contribution is 0.300. The number of hydrogen-bond acceptors (Lipinski definition) is 4. The SMILES string of the molecule is c1ccc(C[C@@H]2COC(CCC3=N[C@H](Cc4ccccc4)CO3)=N2)cc1. The highest BCUT2D eigenvalue weighted by Crippen LogP contribution is 2.17. The molecule has 134 valence electrons. The molecular formula is C22H24N2O2. The molecule has 4 heteroatoms. The molecule has 2 aliphatic heterocycles. The van der Waals surface area contributed by atoms with Gasteiger partial charge in [-0.3, -0.25) is 0 Å². The van der Waals surface area contributed by atoms with E-state index in [4.69, 9.17) is 19.5 Å². The summed E-state index contributed by atoms with van der Waals surface area (Å²) in [6.45, 7) is 1.35. The van der Waals surface area contributed by atoms with Crippen molar-refractivity contribution in [1.29, 1.82) is 0 Å². The van der Waals surface area contributed by atoms with Gasteiger partial charge in [-0.2, -0.15) is 0 Å². The Morgan fingerprint density at radius 2 is 1.08 bits per heavy atom. The molecule has 0 saturated carbocycles. The van der Waals surface area contributed by atoms with E-state index in [1.54, 1.807) is 0 Å². The van der Waals surface area contributed by atoms with Crippen molar-refractivity contribution in [3.63, 3.8) is 0 Å². The fourth-order valence-corrected chi connectivity index (χ4v) is 3.41. The van der Waals surface area contributed by atoms with Crippen LogP contribution in [0.15, 0.2) is 70.6 Å². The molecule has 26 heavy (non-hydrogen) atoms. The second-order valence-corrected chi connectivity index (χ2v) is 6.85. The van der Waals surface area contributed by atoms with Crippen molar-refractivity contribution in [2.24, 2.45) is 9.98 Å². The first-order chi connectivity index (χ1) is 12.8. The third-order valence-electron chi connectivity index (χ3n) is 4.72. The van der Waals surface area contributed by atoms with Crippen LogP contribution in [-0.4, -0.2) is 37.1 Å². The third-order valence-corrected chi connectivity index (χ3v) is 4.72. The predicted molar refractivity (Wildman–Crippen MR) is 104 cm³/mol. The van der Waals surface area contributed by atoms with Crippen LogP contribution in [0.1, 0.15) is 24.0 Å². The van der Waals surface area contributed by atoms with Gasteiger partial charge in [0, 0.05) is 12.8 Å². The van der Waals surface area contributed by atoms with E-state index in [0.29, 0.717) is 13.2 Å². The minimum atomic E-state index is 0.227. The molecule has 2 aliphatic rings. The van der Waals surface area contributed by atoms with Gasteiger partial charge in [0.15, 0.2) is 11.8 Å². The Balaban J connectivity index is 1.25. The standard InChI is InChI=1S/C22H24N2O2/c1-3-7-17(8-4-1)13-19-15-25-21(23-19)11-12-22-24-20(16-26-22)14-18-9-5-2-6-10-18/h1-10,19-20H,11-16H2/t19-,20-/m1/s1. The fourth-order valence-electron chi connectivity index (χ4n) is 3.41. The molecule has 2 atom stereocenters. The molecule has 0 amide bonds. The number of benzene rings is 2. The first kappa shape index (κ1) is 16.8. The summed E-state index contributed by atoms with van der Waals surface area (Å²) in [4.78, 5) is 9.43. The van der Waals surface area contributed by atoms with Gasteiger partial charge in [0.1, 0.15) is 13.2 Å². The number of hydrogen-bond donors (Lipinski definition) is 0. The van der Waals surface area contributed by atoms with E-state index in [0.717, 1.165) is 37.5 Å². The highest BCUT2D eigenvalue weighted by molar-refractivity contribution is 5.85. The highest BCUT2D eigenvalue weighted by Gasteiger charge is 2.22. The molecule has 0 saturated heterocycles. The Kier molecular flexibility index (Phi) is 5.29. The Hall–Kier alpha value is -2.62. The lowest BCUT2D eigenvalue weighted by Crippen LogP contribution is -2.09. The van der Waals surface area contributed by atoms with E-state index in [1.165, 1.54) is 11.1 Å². The molecule has 0 fully saturated rings. The zero-order valence-electron chi connectivity index (χ0n) is 14.9. The fraction of sp³-hybridized carbons (Fsp3) is 0.364. The van der Waals surface area contributed by atoms with Gasteiger partial charge in [0.05, 0.1) is 12.1 Å². The number of rotatable bonds is 7. The summed E-state index contributed by atoms with van der Waals surface area (Å²) >= 11 is 0. The lowest BCUT2D eigenvalue weighted by atomic mass is 10.1. The van der Waals surface area contributed by atoms with Crippen LogP contribution in [0.2, 0.25) is 0 Å². The molecule has 0 N–H and O–H groups in total. The van der Waals surface area contributed by atoms with E-state index in [1.807, 2.05) is 12.1 Å². The Morgan fingerprint density at radius 3 is 1.50 bits per heavy atom. The first-order valence-corrected chi connectivity index (χ1v) is 9.32. The zero-order chi connectivity index (χ0) is 17.6. The minimum absolute atomic E-state index is 0.227. The summed E-state index contributed by atoms with van der Waals surface area (Å²) in [6.07, 6.45) is 3.40. The van der Waals surface area contributed by atoms with Crippen LogP contribution in [-0.2, 0) is 22.3 Å². The molecule has 2 aromatic carbocycles. The number of ether oxygens (including phenoxy) is 2. The van der Waals surface area contributed by atoms with Crippen LogP contribution in [0.5, 0.6) is 0 Å². The van der Waals surface area contributed by atoms with Crippen LogP contribution in [0.3, 0.4) is 0 Å². The van der Waals surface area contributed by atoms with Gasteiger partial charge >= 0.3 is 0 Å². The molecule has 0 radical (unpaired) electrons. The maximum Gasteiger partial charge on any atom is 0.184 e. The van der Waals surface area contributed by atoms with Crippen LogP contribution >= 0.6 is 0 Å². The maximum absolute atomic E-state index is 5.76. The molecule has 0 spiro atoms. The topological polar surface area (TPSA) is 43.2 Å². The summed E-state index contributed by atoms with van der Waals surface area (Å²) in [5.74, 6) is 1.67. The van der Waals surface area contributed by atoms with Crippen molar-refractivity contribution in [3.05, 3.63) is 71.8 Å². The van der Waals surface area contributed by atoms with Crippen LogP contribution < -0.4 is 0 Å². The van der Waals surface area contributed by atoms with E-state index < -0.39 is 0 Å². The van der Waals surface area contributed by atoms with Crippen LogP contribution in [0.4, 0.5) is 0 Å². The smallest absolute Gasteiger partial charge is 0.184 e. The lowest BCUT2D eigenvalue weighted by Gasteiger charge is -2.04. The molecule has 0 aliphatic carbocycles. The number of aliphatic imine (C=N–C) groups is 2. The van der Waals surface area contributed by atoms with Crippen molar-refractivity contribution >= 4 is 11.8 Å². The maximum atomic E-state index is 5.76. The van der Waals surface area contributed by atoms with Crippen molar-refractivity contribution < 1.29 is 9.47 Å². The molecule has 2 aromatic rings. The second kappa shape index (κ2) is 8.17. The van der Waals surface area contributed by atoms with Crippen molar-refractivity contribution in [3.8, 4) is 0 Å². The summed E-state index contributed by atoms with van der Waals surface area (Å²) in [6, 6.07) is 21.4. The van der Waals surface area contributed by atoms with Crippen LogP contribution in [0, 0.1) is 0 Å². The summed E-state index contributed by atoms with van der Waals surface area (Å²) in [5, 5.41) is 0. The van der Waals surface area contributed by atoms with Gasteiger partial charge in [-0.1, -0.05) is 60.7 Å². The summed E-state index contributed by atoms with van der Waals surface area (Å²) in [7, 11) is 0. The normalized spacial score (nSPS) is 21.7. The van der Waals surface area contributed by atoms with E-state index in [-0.39, 0.29) is 12.1 Å². The molecule has 2 heterocycles. The second-order valence-electron chi connectivity index (χ2n) is 6.85. The number of nitrogens with zero attached hydrogens (tertiary/aromatic N) is 2. The van der Waals surface area contributed by atoms with E-state index in [2.05, 4.69) is 48.5 Å². The zero-order valence-corrected chi connectivity index (χ0v) is 14.9. The van der Waals surface area contributed by atoms with Crippen LogP contribution in [0.25, 0.3) is 0 Å². The Bertz CT molecular complexity index is 704. The van der Waals surface area contributed by atoms with Crippen molar-refractivity contribution in [2.45, 2.75) is 37.8 Å². The quantitative estimate of drug-likeness (QED) is 0.763. The highest BCUT2D eigenvalue weighted by atomic mass is 16.5. The van der Waals surface area contributed by atoms with Crippen molar-refractivity contribution in [1.82, 2.24) is 0 Å². The first-order valence-electron chi connectivity index (χ1n) is 9.32. The van der Waals surface area contributed by atoms with E-state index in [9.17, 15) is 0 Å². The molecule has 0 aromatic heterocycles. The van der Waals surface area contributed by atoms with Crippen molar-refractivity contribution in [2.75, 3.05) is 13.2 Å². The largest absolute Gasteiger partial charge is 0.479 e. The Labute approximate surface area is 154 Å². The minimum Gasteiger partial charge on any atom is -0.479 e. The molecule has 4 nitrogen and oxygen atoms in total. The Morgan fingerprint density at radius 1 is 0.654 bits per heavy atom. The molecule has 4 rings (SSSR count).